The Hall–Kier alpha value is -0.860. The number of fused-ring (bicyclic) bond motifs is 1. The standard InChI is InChI=1S/C17H24N2OS/c20-11-2-1-5-15-7-12-21-17(15)14-18-8-4-10-19-9-3-6-16(19)13-18/h7,12,16,20H,2-4,6,8-11,13-14H2. The van der Waals surface area contributed by atoms with Crippen LogP contribution >= 0.6 is 11.3 Å². The minimum atomic E-state index is 0.149. The van der Waals surface area contributed by atoms with Crippen molar-refractivity contribution in [2.45, 2.75) is 38.3 Å². The number of thiophene rings is 1. The van der Waals surface area contributed by atoms with Gasteiger partial charge < -0.3 is 5.11 Å². The van der Waals surface area contributed by atoms with E-state index in [1.54, 1.807) is 0 Å². The Labute approximate surface area is 131 Å². The van der Waals surface area contributed by atoms with Crippen molar-refractivity contribution in [2.75, 3.05) is 32.8 Å². The molecular weight excluding hydrogens is 280 g/mol. The zero-order valence-corrected chi connectivity index (χ0v) is 13.4. The second-order valence-electron chi connectivity index (χ2n) is 5.95. The molecule has 3 heterocycles. The number of nitrogens with zero attached hydrogens (tertiary/aromatic N) is 2. The van der Waals surface area contributed by atoms with Crippen LogP contribution in [0.1, 0.15) is 36.1 Å². The van der Waals surface area contributed by atoms with Gasteiger partial charge in [0.05, 0.1) is 6.61 Å². The van der Waals surface area contributed by atoms with Crippen LogP contribution in [0.25, 0.3) is 0 Å². The van der Waals surface area contributed by atoms with Gasteiger partial charge in [-0.3, -0.25) is 9.80 Å². The van der Waals surface area contributed by atoms with E-state index in [0.29, 0.717) is 6.42 Å². The average molecular weight is 304 g/mol. The first kappa shape index (κ1) is 15.1. The molecule has 1 N–H and O–H groups in total. The van der Waals surface area contributed by atoms with Gasteiger partial charge in [-0.05, 0) is 50.3 Å². The molecule has 0 spiro atoms. The smallest absolute Gasteiger partial charge is 0.0540 e. The molecule has 2 fully saturated rings. The largest absolute Gasteiger partial charge is 0.395 e. The number of aliphatic hydroxyl groups excluding tert-OH is 1. The molecule has 0 radical (unpaired) electrons. The van der Waals surface area contributed by atoms with Gasteiger partial charge in [-0.1, -0.05) is 11.8 Å². The quantitative estimate of drug-likeness (QED) is 0.867. The van der Waals surface area contributed by atoms with Crippen LogP contribution in [0.4, 0.5) is 0 Å². The third-order valence-corrected chi connectivity index (χ3v) is 5.37. The molecule has 1 aromatic heterocycles. The fourth-order valence-electron chi connectivity index (χ4n) is 3.42. The molecule has 3 rings (SSSR count). The van der Waals surface area contributed by atoms with Gasteiger partial charge in [0.2, 0.25) is 0 Å². The van der Waals surface area contributed by atoms with E-state index in [9.17, 15) is 0 Å². The summed E-state index contributed by atoms with van der Waals surface area (Å²) < 4.78 is 0. The zero-order chi connectivity index (χ0) is 14.5. The highest BCUT2D eigenvalue weighted by Crippen LogP contribution is 2.24. The highest BCUT2D eigenvalue weighted by atomic mass is 32.1. The summed E-state index contributed by atoms with van der Waals surface area (Å²) in [4.78, 5) is 6.67. The lowest BCUT2D eigenvalue weighted by Gasteiger charge is -2.25. The number of hydrogen-bond donors (Lipinski definition) is 1. The molecule has 2 aliphatic rings. The van der Waals surface area contributed by atoms with Gasteiger partial charge in [-0.25, -0.2) is 0 Å². The van der Waals surface area contributed by atoms with Crippen LogP contribution in [0.2, 0.25) is 0 Å². The van der Waals surface area contributed by atoms with Gasteiger partial charge >= 0.3 is 0 Å². The van der Waals surface area contributed by atoms with Gasteiger partial charge in [0.15, 0.2) is 0 Å². The van der Waals surface area contributed by atoms with Crippen molar-refractivity contribution in [1.82, 2.24) is 9.80 Å². The van der Waals surface area contributed by atoms with Crippen molar-refractivity contribution in [3.8, 4) is 11.8 Å². The Morgan fingerprint density at radius 3 is 3.10 bits per heavy atom. The van der Waals surface area contributed by atoms with E-state index in [4.69, 9.17) is 5.11 Å². The molecule has 2 aliphatic heterocycles. The van der Waals surface area contributed by atoms with Crippen LogP contribution in [-0.4, -0.2) is 53.7 Å². The molecule has 0 bridgehead atoms. The van der Waals surface area contributed by atoms with Crippen LogP contribution in [0, 0.1) is 11.8 Å². The topological polar surface area (TPSA) is 26.7 Å². The monoisotopic (exact) mass is 304 g/mol. The predicted molar refractivity (Wildman–Crippen MR) is 87.4 cm³/mol. The fraction of sp³-hybridized carbons (Fsp3) is 0.647. The van der Waals surface area contributed by atoms with Crippen molar-refractivity contribution >= 4 is 11.3 Å². The van der Waals surface area contributed by atoms with Crippen LogP contribution in [0.15, 0.2) is 11.4 Å². The van der Waals surface area contributed by atoms with Gasteiger partial charge in [0.1, 0.15) is 0 Å². The fourth-order valence-corrected chi connectivity index (χ4v) is 4.29. The molecule has 114 valence electrons. The lowest BCUT2D eigenvalue weighted by Crippen LogP contribution is -2.36. The maximum absolute atomic E-state index is 8.83. The van der Waals surface area contributed by atoms with Gasteiger partial charge in [-0.2, -0.15) is 0 Å². The Bertz CT molecular complexity index is 516. The normalized spacial score (nSPS) is 23.4. The van der Waals surface area contributed by atoms with Crippen LogP contribution in [-0.2, 0) is 6.54 Å². The van der Waals surface area contributed by atoms with Crippen LogP contribution < -0.4 is 0 Å². The molecule has 1 atom stereocenters. The first-order valence-corrected chi connectivity index (χ1v) is 8.87. The van der Waals surface area contributed by atoms with Gasteiger partial charge in [0.25, 0.3) is 0 Å². The maximum Gasteiger partial charge on any atom is 0.0540 e. The summed E-state index contributed by atoms with van der Waals surface area (Å²) in [6.07, 6.45) is 4.59. The minimum Gasteiger partial charge on any atom is -0.395 e. The lowest BCUT2D eigenvalue weighted by atomic mass is 10.2. The molecule has 2 saturated heterocycles. The lowest BCUT2D eigenvalue weighted by molar-refractivity contribution is 0.216. The minimum absolute atomic E-state index is 0.149. The van der Waals surface area contributed by atoms with Gasteiger partial charge in [0, 0.05) is 36.0 Å². The highest BCUT2D eigenvalue weighted by molar-refractivity contribution is 7.10. The van der Waals surface area contributed by atoms with Crippen molar-refractivity contribution in [3.05, 3.63) is 21.9 Å². The van der Waals surface area contributed by atoms with Crippen LogP contribution in [0.3, 0.4) is 0 Å². The summed E-state index contributed by atoms with van der Waals surface area (Å²) in [5.41, 5.74) is 1.15. The number of aliphatic hydroxyl groups is 1. The Kier molecular flexibility index (Phi) is 5.32. The second-order valence-corrected chi connectivity index (χ2v) is 6.95. The number of hydrogen-bond acceptors (Lipinski definition) is 4. The first-order valence-electron chi connectivity index (χ1n) is 7.99. The molecular formula is C17H24N2OS. The van der Waals surface area contributed by atoms with Crippen LogP contribution in [0.5, 0.6) is 0 Å². The summed E-state index contributed by atoms with van der Waals surface area (Å²) in [5.74, 6) is 6.25. The van der Waals surface area contributed by atoms with Crippen molar-refractivity contribution in [2.24, 2.45) is 0 Å². The van der Waals surface area contributed by atoms with E-state index < -0.39 is 0 Å². The van der Waals surface area contributed by atoms with E-state index in [1.807, 2.05) is 11.3 Å². The molecule has 0 saturated carbocycles. The third kappa shape index (κ3) is 3.87. The summed E-state index contributed by atoms with van der Waals surface area (Å²) in [7, 11) is 0. The molecule has 4 heteroatoms. The van der Waals surface area contributed by atoms with Gasteiger partial charge in [-0.15, -0.1) is 11.3 Å². The third-order valence-electron chi connectivity index (χ3n) is 4.46. The zero-order valence-electron chi connectivity index (χ0n) is 12.6. The second kappa shape index (κ2) is 7.42. The first-order chi connectivity index (χ1) is 10.4. The van der Waals surface area contributed by atoms with Crippen molar-refractivity contribution in [3.63, 3.8) is 0 Å². The van der Waals surface area contributed by atoms with E-state index in [2.05, 4.69) is 33.1 Å². The summed E-state index contributed by atoms with van der Waals surface area (Å²) in [6, 6.07) is 2.89. The highest BCUT2D eigenvalue weighted by Gasteiger charge is 2.28. The average Bonchev–Trinajstić information content (AvgIpc) is 3.06. The Morgan fingerprint density at radius 1 is 1.29 bits per heavy atom. The SMILES string of the molecule is OCCC#Cc1ccsc1CN1CCCN2CCCC2C1. The molecule has 0 aliphatic carbocycles. The Morgan fingerprint density at radius 2 is 2.19 bits per heavy atom. The summed E-state index contributed by atoms with van der Waals surface area (Å²) in [5, 5.41) is 11.0. The van der Waals surface area contributed by atoms with E-state index >= 15 is 0 Å². The summed E-state index contributed by atoms with van der Waals surface area (Å²) in [6.45, 7) is 6.17. The predicted octanol–water partition coefficient (Wildman–Crippen LogP) is 2.15. The van der Waals surface area contributed by atoms with E-state index in [-0.39, 0.29) is 6.61 Å². The summed E-state index contributed by atoms with van der Waals surface area (Å²) >= 11 is 1.81. The van der Waals surface area contributed by atoms with E-state index in [0.717, 1.165) is 18.2 Å². The van der Waals surface area contributed by atoms with Crippen molar-refractivity contribution < 1.29 is 5.11 Å². The maximum atomic E-state index is 8.83. The molecule has 1 unspecified atom stereocenters. The van der Waals surface area contributed by atoms with E-state index in [1.165, 1.54) is 50.3 Å². The molecule has 3 nitrogen and oxygen atoms in total. The molecule has 1 aromatic rings. The number of rotatable bonds is 3. The van der Waals surface area contributed by atoms with Crippen molar-refractivity contribution in [1.29, 1.82) is 0 Å². The molecule has 21 heavy (non-hydrogen) atoms. The molecule has 0 amide bonds. The Balaban J connectivity index is 1.63. The molecule has 0 aromatic carbocycles.